The molecule has 0 spiro atoms. The van der Waals surface area contributed by atoms with Crippen molar-refractivity contribution in [2.75, 3.05) is 32.1 Å². The summed E-state index contributed by atoms with van der Waals surface area (Å²) in [5, 5.41) is 11.5. The van der Waals surface area contributed by atoms with Gasteiger partial charge in [0.2, 0.25) is 11.8 Å². The molecule has 7 nitrogen and oxygen atoms in total. The van der Waals surface area contributed by atoms with Crippen LogP contribution in [0.4, 0.5) is 5.69 Å². The fraction of sp³-hybridized carbons (Fsp3) is 0.438. The molecule has 2 amide bonds. The number of carbonyl (C=O) groups excluding carboxylic acids is 2. The van der Waals surface area contributed by atoms with Crippen LogP contribution in [0.15, 0.2) is 24.3 Å². The standard InChI is InChI=1S/C16H20N2O5/c1-23-7-6-18-10-12(9-14(18)19)16(22)17-13-4-2-11(3-5-13)8-15(20)21/h2-5,12H,6-10H2,1H3,(H,17,22)(H,20,21). The maximum atomic E-state index is 12.2. The lowest BCUT2D eigenvalue weighted by Crippen LogP contribution is -2.30. The number of amides is 2. The first-order chi connectivity index (χ1) is 11.0. The number of nitrogens with one attached hydrogen (secondary N) is 1. The van der Waals surface area contributed by atoms with Gasteiger partial charge in [-0.25, -0.2) is 0 Å². The smallest absolute Gasteiger partial charge is 0.307 e. The van der Waals surface area contributed by atoms with Crippen LogP contribution < -0.4 is 5.32 Å². The first-order valence-corrected chi connectivity index (χ1v) is 7.38. The maximum absolute atomic E-state index is 12.2. The summed E-state index contributed by atoms with van der Waals surface area (Å²) in [4.78, 5) is 36.3. The number of hydrogen-bond acceptors (Lipinski definition) is 4. The zero-order valence-corrected chi connectivity index (χ0v) is 12.9. The van der Waals surface area contributed by atoms with Crippen molar-refractivity contribution in [1.29, 1.82) is 0 Å². The molecule has 1 atom stereocenters. The van der Waals surface area contributed by atoms with E-state index in [-0.39, 0.29) is 30.6 Å². The maximum Gasteiger partial charge on any atom is 0.307 e. The van der Waals surface area contributed by atoms with Crippen molar-refractivity contribution < 1.29 is 24.2 Å². The van der Waals surface area contributed by atoms with Crippen molar-refractivity contribution in [3.05, 3.63) is 29.8 Å². The number of likely N-dealkylation sites (tertiary alicyclic amines) is 1. The topological polar surface area (TPSA) is 95.9 Å². The average Bonchev–Trinajstić information content (AvgIpc) is 2.88. The van der Waals surface area contributed by atoms with E-state index in [0.29, 0.717) is 30.9 Å². The zero-order valence-electron chi connectivity index (χ0n) is 12.9. The molecule has 1 heterocycles. The number of rotatable bonds is 7. The van der Waals surface area contributed by atoms with Gasteiger partial charge in [0.1, 0.15) is 0 Å². The Morgan fingerprint density at radius 3 is 2.65 bits per heavy atom. The Balaban J connectivity index is 1.89. The minimum atomic E-state index is -0.901. The van der Waals surface area contributed by atoms with Crippen LogP contribution >= 0.6 is 0 Å². The number of anilines is 1. The van der Waals surface area contributed by atoms with Gasteiger partial charge in [0.15, 0.2) is 0 Å². The van der Waals surface area contributed by atoms with Crippen molar-refractivity contribution in [2.45, 2.75) is 12.8 Å². The van der Waals surface area contributed by atoms with Gasteiger partial charge in [0.25, 0.3) is 0 Å². The normalized spacial score (nSPS) is 17.3. The molecule has 0 bridgehead atoms. The van der Waals surface area contributed by atoms with Gasteiger partial charge < -0.3 is 20.1 Å². The lowest BCUT2D eigenvalue weighted by molar-refractivity contribution is -0.136. The fourth-order valence-electron chi connectivity index (χ4n) is 2.49. The number of ether oxygens (including phenoxy) is 1. The van der Waals surface area contributed by atoms with E-state index in [1.807, 2.05) is 0 Å². The Morgan fingerprint density at radius 1 is 1.35 bits per heavy atom. The average molecular weight is 320 g/mol. The highest BCUT2D eigenvalue weighted by Crippen LogP contribution is 2.20. The Labute approximate surface area is 134 Å². The third kappa shape index (κ3) is 4.79. The highest BCUT2D eigenvalue weighted by atomic mass is 16.5. The number of benzene rings is 1. The second-order valence-electron chi connectivity index (χ2n) is 5.49. The summed E-state index contributed by atoms with van der Waals surface area (Å²) in [6.07, 6.45) is 0.145. The monoisotopic (exact) mass is 320 g/mol. The van der Waals surface area contributed by atoms with Gasteiger partial charge in [0.05, 0.1) is 18.9 Å². The van der Waals surface area contributed by atoms with Crippen molar-refractivity contribution in [3.8, 4) is 0 Å². The summed E-state index contributed by atoms with van der Waals surface area (Å²) in [5.41, 5.74) is 1.25. The molecule has 1 aliphatic heterocycles. The van der Waals surface area contributed by atoms with Crippen molar-refractivity contribution in [1.82, 2.24) is 4.90 Å². The summed E-state index contributed by atoms with van der Waals surface area (Å²) < 4.78 is 4.95. The molecule has 7 heteroatoms. The molecule has 23 heavy (non-hydrogen) atoms. The molecule has 1 aliphatic rings. The molecule has 0 aromatic heterocycles. The van der Waals surface area contributed by atoms with Crippen LogP contribution in [0.5, 0.6) is 0 Å². The molecular formula is C16H20N2O5. The van der Waals surface area contributed by atoms with Crippen LogP contribution in [0.1, 0.15) is 12.0 Å². The van der Waals surface area contributed by atoms with E-state index in [1.54, 1.807) is 36.3 Å². The van der Waals surface area contributed by atoms with Crippen molar-refractivity contribution in [2.24, 2.45) is 5.92 Å². The quantitative estimate of drug-likeness (QED) is 0.773. The first kappa shape index (κ1) is 17.0. The molecule has 1 saturated heterocycles. The van der Waals surface area contributed by atoms with Crippen LogP contribution in [-0.2, 0) is 25.5 Å². The lowest BCUT2D eigenvalue weighted by atomic mass is 10.1. The van der Waals surface area contributed by atoms with E-state index in [2.05, 4.69) is 5.32 Å². The Kier molecular flexibility index (Phi) is 5.70. The number of hydrogen-bond donors (Lipinski definition) is 2. The SMILES string of the molecule is COCCN1CC(C(=O)Nc2ccc(CC(=O)O)cc2)CC1=O. The molecule has 0 saturated carbocycles. The number of carbonyl (C=O) groups is 3. The van der Waals surface area contributed by atoms with Crippen LogP contribution in [0.25, 0.3) is 0 Å². The molecule has 0 aliphatic carbocycles. The summed E-state index contributed by atoms with van der Waals surface area (Å²) >= 11 is 0. The molecule has 1 fully saturated rings. The van der Waals surface area contributed by atoms with Crippen LogP contribution in [-0.4, -0.2) is 54.6 Å². The first-order valence-electron chi connectivity index (χ1n) is 7.38. The third-order valence-electron chi connectivity index (χ3n) is 3.73. The van der Waals surface area contributed by atoms with Gasteiger partial charge in [-0.15, -0.1) is 0 Å². The summed E-state index contributed by atoms with van der Waals surface area (Å²) in [5.74, 6) is -1.52. The second-order valence-corrected chi connectivity index (χ2v) is 5.49. The summed E-state index contributed by atoms with van der Waals surface area (Å²) in [7, 11) is 1.57. The molecule has 1 unspecified atom stereocenters. The highest BCUT2D eigenvalue weighted by Gasteiger charge is 2.33. The van der Waals surface area contributed by atoms with Gasteiger partial charge in [-0.2, -0.15) is 0 Å². The summed E-state index contributed by atoms with van der Waals surface area (Å²) in [6.45, 7) is 1.33. The lowest BCUT2D eigenvalue weighted by Gasteiger charge is -2.15. The molecule has 124 valence electrons. The molecule has 1 aromatic rings. The highest BCUT2D eigenvalue weighted by molar-refractivity contribution is 5.97. The predicted molar refractivity (Wildman–Crippen MR) is 83.0 cm³/mol. The summed E-state index contributed by atoms with van der Waals surface area (Å²) in [6, 6.07) is 6.65. The Bertz CT molecular complexity index is 585. The van der Waals surface area contributed by atoms with Crippen LogP contribution in [0.3, 0.4) is 0 Å². The number of aliphatic carboxylic acids is 1. The second kappa shape index (κ2) is 7.73. The third-order valence-corrected chi connectivity index (χ3v) is 3.73. The van der Waals surface area contributed by atoms with E-state index in [1.165, 1.54) is 0 Å². The van der Waals surface area contributed by atoms with Crippen molar-refractivity contribution in [3.63, 3.8) is 0 Å². The van der Waals surface area contributed by atoms with Crippen LogP contribution in [0.2, 0.25) is 0 Å². The molecular weight excluding hydrogens is 300 g/mol. The molecule has 2 rings (SSSR count). The van der Waals surface area contributed by atoms with Gasteiger partial charge in [0, 0.05) is 32.3 Å². The minimum Gasteiger partial charge on any atom is -0.481 e. The predicted octanol–water partition coefficient (Wildman–Crippen LogP) is 0.747. The number of carboxylic acids is 1. The van der Waals surface area contributed by atoms with E-state index >= 15 is 0 Å². The van der Waals surface area contributed by atoms with E-state index in [0.717, 1.165) is 0 Å². The largest absolute Gasteiger partial charge is 0.481 e. The van der Waals surface area contributed by atoms with Crippen molar-refractivity contribution >= 4 is 23.5 Å². The fourth-order valence-corrected chi connectivity index (χ4v) is 2.49. The van der Waals surface area contributed by atoms with E-state index in [4.69, 9.17) is 9.84 Å². The van der Waals surface area contributed by atoms with Gasteiger partial charge in [-0.3, -0.25) is 14.4 Å². The number of carboxylic acid groups (broad SMARTS) is 1. The number of methoxy groups -OCH3 is 1. The molecule has 0 radical (unpaired) electrons. The zero-order chi connectivity index (χ0) is 16.8. The van der Waals surface area contributed by atoms with Gasteiger partial charge in [-0.05, 0) is 17.7 Å². The van der Waals surface area contributed by atoms with E-state index in [9.17, 15) is 14.4 Å². The van der Waals surface area contributed by atoms with E-state index < -0.39 is 5.97 Å². The molecule has 2 N–H and O–H groups in total. The number of nitrogens with zero attached hydrogens (tertiary/aromatic N) is 1. The van der Waals surface area contributed by atoms with Gasteiger partial charge in [-0.1, -0.05) is 12.1 Å². The Morgan fingerprint density at radius 2 is 2.04 bits per heavy atom. The molecule has 1 aromatic carbocycles. The Hall–Kier alpha value is -2.41. The minimum absolute atomic E-state index is 0.0426. The van der Waals surface area contributed by atoms with Crippen LogP contribution in [0, 0.1) is 5.92 Å². The van der Waals surface area contributed by atoms with Gasteiger partial charge >= 0.3 is 5.97 Å².